The second-order valence-corrected chi connectivity index (χ2v) is 5.36. The number of imidazole rings is 1. The summed E-state index contributed by atoms with van der Waals surface area (Å²) < 4.78 is 0. The van der Waals surface area contributed by atoms with Gasteiger partial charge in [-0.25, -0.2) is 9.78 Å². The SMILES string of the molecule is NC1(C(=O)N[C@@H](Cc2cnc[nH]2)C(=O)O)CCCCC1. The molecule has 0 bridgehead atoms. The number of aromatic nitrogens is 2. The standard InChI is InChI=1S/C13H20N4O3/c14-13(4-2-1-3-5-13)12(20)17-10(11(18)19)6-9-7-15-8-16-9/h7-8,10H,1-6,14H2,(H,15,16)(H,17,20)(H,18,19)/t10-/m0/s1. The number of carbonyl (C=O) groups excluding carboxylic acids is 1. The fraction of sp³-hybridized carbons (Fsp3) is 0.615. The van der Waals surface area contributed by atoms with E-state index in [2.05, 4.69) is 15.3 Å². The summed E-state index contributed by atoms with van der Waals surface area (Å²) >= 11 is 0. The Morgan fingerprint density at radius 3 is 2.70 bits per heavy atom. The molecule has 7 heteroatoms. The summed E-state index contributed by atoms with van der Waals surface area (Å²) in [4.78, 5) is 30.2. The van der Waals surface area contributed by atoms with Gasteiger partial charge in [-0.15, -0.1) is 0 Å². The largest absolute Gasteiger partial charge is 0.480 e. The molecule has 2 rings (SSSR count). The van der Waals surface area contributed by atoms with E-state index in [1.165, 1.54) is 6.33 Å². The molecule has 5 N–H and O–H groups in total. The van der Waals surface area contributed by atoms with Gasteiger partial charge < -0.3 is 21.1 Å². The van der Waals surface area contributed by atoms with E-state index in [1.807, 2.05) is 0 Å². The Kier molecular flexibility index (Phi) is 4.39. The van der Waals surface area contributed by atoms with Crippen LogP contribution in [-0.2, 0) is 16.0 Å². The smallest absolute Gasteiger partial charge is 0.326 e. The van der Waals surface area contributed by atoms with E-state index in [-0.39, 0.29) is 12.3 Å². The minimum Gasteiger partial charge on any atom is -0.480 e. The lowest BCUT2D eigenvalue weighted by Crippen LogP contribution is -2.58. The second kappa shape index (κ2) is 6.04. The minimum absolute atomic E-state index is 0.164. The van der Waals surface area contributed by atoms with Crippen molar-refractivity contribution in [3.8, 4) is 0 Å². The second-order valence-electron chi connectivity index (χ2n) is 5.36. The van der Waals surface area contributed by atoms with Gasteiger partial charge in [0.25, 0.3) is 0 Å². The molecule has 1 heterocycles. The highest BCUT2D eigenvalue weighted by Gasteiger charge is 2.37. The third kappa shape index (κ3) is 3.36. The molecule has 0 aliphatic heterocycles. The molecule has 1 aromatic heterocycles. The van der Waals surface area contributed by atoms with Gasteiger partial charge in [-0.1, -0.05) is 19.3 Å². The monoisotopic (exact) mass is 280 g/mol. The van der Waals surface area contributed by atoms with Gasteiger partial charge in [0.05, 0.1) is 11.9 Å². The van der Waals surface area contributed by atoms with Crippen LogP contribution in [0.2, 0.25) is 0 Å². The number of nitrogens with two attached hydrogens (primary N) is 1. The number of carboxylic acid groups (broad SMARTS) is 1. The molecule has 1 amide bonds. The summed E-state index contributed by atoms with van der Waals surface area (Å²) in [5.41, 5.74) is 5.83. The molecule has 0 saturated heterocycles. The van der Waals surface area contributed by atoms with E-state index < -0.39 is 17.6 Å². The number of aliphatic carboxylic acids is 1. The Bertz CT molecular complexity index is 466. The number of rotatable bonds is 5. The molecule has 0 radical (unpaired) electrons. The van der Waals surface area contributed by atoms with Gasteiger partial charge in [-0.2, -0.15) is 0 Å². The van der Waals surface area contributed by atoms with Crippen molar-refractivity contribution in [1.82, 2.24) is 15.3 Å². The molecular weight excluding hydrogens is 260 g/mol. The maximum atomic E-state index is 12.2. The summed E-state index contributed by atoms with van der Waals surface area (Å²) in [6, 6.07) is -0.995. The lowest BCUT2D eigenvalue weighted by atomic mass is 9.81. The molecule has 1 aliphatic carbocycles. The average Bonchev–Trinajstić information content (AvgIpc) is 2.91. The molecule has 20 heavy (non-hydrogen) atoms. The van der Waals surface area contributed by atoms with Crippen molar-refractivity contribution >= 4 is 11.9 Å². The molecule has 1 aliphatic rings. The van der Waals surface area contributed by atoms with Crippen molar-refractivity contribution in [2.24, 2.45) is 5.73 Å². The predicted molar refractivity (Wildman–Crippen MR) is 71.9 cm³/mol. The van der Waals surface area contributed by atoms with Crippen LogP contribution < -0.4 is 11.1 Å². The zero-order valence-corrected chi connectivity index (χ0v) is 11.3. The summed E-state index contributed by atoms with van der Waals surface area (Å²) in [7, 11) is 0. The molecular formula is C13H20N4O3. The van der Waals surface area contributed by atoms with Crippen LogP contribution in [0, 0.1) is 0 Å². The Hall–Kier alpha value is -1.89. The lowest BCUT2D eigenvalue weighted by molar-refractivity contribution is -0.143. The summed E-state index contributed by atoms with van der Waals surface area (Å²) in [6.45, 7) is 0. The molecule has 0 unspecified atom stereocenters. The van der Waals surface area contributed by atoms with Crippen LogP contribution in [0.4, 0.5) is 0 Å². The van der Waals surface area contributed by atoms with E-state index in [0.29, 0.717) is 18.5 Å². The third-order valence-electron chi connectivity index (χ3n) is 3.78. The first kappa shape index (κ1) is 14.5. The van der Waals surface area contributed by atoms with Crippen LogP contribution in [0.25, 0.3) is 0 Å². The molecule has 1 atom stereocenters. The van der Waals surface area contributed by atoms with Crippen molar-refractivity contribution in [2.75, 3.05) is 0 Å². The molecule has 0 aromatic carbocycles. The van der Waals surface area contributed by atoms with E-state index in [4.69, 9.17) is 5.73 Å². The first-order chi connectivity index (χ1) is 9.51. The van der Waals surface area contributed by atoms with E-state index >= 15 is 0 Å². The first-order valence-electron chi connectivity index (χ1n) is 6.81. The lowest BCUT2D eigenvalue weighted by Gasteiger charge is -2.32. The van der Waals surface area contributed by atoms with Crippen molar-refractivity contribution in [3.63, 3.8) is 0 Å². The highest BCUT2D eigenvalue weighted by atomic mass is 16.4. The number of carbonyl (C=O) groups is 2. The Labute approximate surface area is 117 Å². The zero-order valence-electron chi connectivity index (χ0n) is 11.3. The van der Waals surface area contributed by atoms with Gasteiger partial charge in [0.1, 0.15) is 6.04 Å². The maximum Gasteiger partial charge on any atom is 0.326 e. The van der Waals surface area contributed by atoms with Crippen LogP contribution in [0.15, 0.2) is 12.5 Å². The van der Waals surface area contributed by atoms with Crippen LogP contribution in [0.1, 0.15) is 37.8 Å². The predicted octanol–water partition coefficient (Wildman–Crippen LogP) is 0.183. The number of H-pyrrole nitrogens is 1. The quantitative estimate of drug-likeness (QED) is 0.613. The van der Waals surface area contributed by atoms with E-state index in [9.17, 15) is 14.7 Å². The van der Waals surface area contributed by atoms with Gasteiger partial charge in [-0.3, -0.25) is 4.79 Å². The average molecular weight is 280 g/mol. The number of nitrogens with one attached hydrogen (secondary N) is 2. The number of nitrogens with zero attached hydrogens (tertiary/aromatic N) is 1. The van der Waals surface area contributed by atoms with Crippen molar-refractivity contribution < 1.29 is 14.7 Å². The van der Waals surface area contributed by atoms with Gasteiger partial charge in [0.15, 0.2) is 0 Å². The van der Waals surface area contributed by atoms with E-state index in [1.54, 1.807) is 6.20 Å². The fourth-order valence-corrected chi connectivity index (χ4v) is 2.53. The molecule has 7 nitrogen and oxygen atoms in total. The van der Waals surface area contributed by atoms with Gasteiger partial charge in [-0.05, 0) is 12.8 Å². The minimum atomic E-state index is -1.08. The molecule has 1 aromatic rings. The molecule has 1 saturated carbocycles. The van der Waals surface area contributed by atoms with Crippen molar-refractivity contribution in [3.05, 3.63) is 18.2 Å². The van der Waals surface area contributed by atoms with Crippen molar-refractivity contribution in [1.29, 1.82) is 0 Å². The van der Waals surface area contributed by atoms with E-state index in [0.717, 1.165) is 19.3 Å². The topological polar surface area (TPSA) is 121 Å². The van der Waals surface area contributed by atoms with Gasteiger partial charge >= 0.3 is 5.97 Å². The molecule has 1 fully saturated rings. The third-order valence-corrected chi connectivity index (χ3v) is 3.78. The van der Waals surface area contributed by atoms with Crippen LogP contribution >= 0.6 is 0 Å². The van der Waals surface area contributed by atoms with Gasteiger partial charge in [0, 0.05) is 18.3 Å². The molecule has 110 valence electrons. The first-order valence-corrected chi connectivity index (χ1v) is 6.81. The number of hydrogen-bond acceptors (Lipinski definition) is 4. The number of amides is 1. The highest BCUT2D eigenvalue weighted by Crippen LogP contribution is 2.26. The Balaban J connectivity index is 2.00. The molecule has 0 spiro atoms. The zero-order chi connectivity index (χ0) is 14.6. The van der Waals surface area contributed by atoms with Crippen molar-refractivity contribution in [2.45, 2.75) is 50.1 Å². The number of hydrogen-bond donors (Lipinski definition) is 4. The van der Waals surface area contributed by atoms with Crippen LogP contribution in [0.5, 0.6) is 0 Å². The number of aromatic amines is 1. The summed E-state index contributed by atoms with van der Waals surface area (Å²) in [6.07, 6.45) is 7.28. The fourth-order valence-electron chi connectivity index (χ4n) is 2.53. The van der Waals surface area contributed by atoms with Crippen LogP contribution in [-0.4, -0.2) is 38.5 Å². The number of carboxylic acids is 1. The van der Waals surface area contributed by atoms with Gasteiger partial charge in [0.2, 0.25) is 5.91 Å². The highest BCUT2D eigenvalue weighted by molar-refractivity contribution is 5.90. The Morgan fingerprint density at radius 1 is 1.45 bits per heavy atom. The summed E-state index contributed by atoms with van der Waals surface area (Å²) in [5, 5.41) is 11.8. The van der Waals surface area contributed by atoms with Crippen LogP contribution in [0.3, 0.4) is 0 Å². The maximum absolute atomic E-state index is 12.2. The summed E-state index contributed by atoms with van der Waals surface area (Å²) in [5.74, 6) is -1.45. The normalized spacial score (nSPS) is 19.2. The Morgan fingerprint density at radius 2 is 2.15 bits per heavy atom.